The SMILES string of the molecule is CCC(C(=O)NC(C)C)N(Cc1ccc(C)cc1)C(=O)COc1ccc(Cl)cc1. The van der Waals surface area contributed by atoms with Gasteiger partial charge in [-0.05, 0) is 57.0 Å². The van der Waals surface area contributed by atoms with Gasteiger partial charge in [-0.25, -0.2) is 0 Å². The summed E-state index contributed by atoms with van der Waals surface area (Å²) < 4.78 is 5.63. The summed E-state index contributed by atoms with van der Waals surface area (Å²) in [5.41, 5.74) is 2.11. The number of hydrogen-bond donors (Lipinski definition) is 1. The molecule has 0 aliphatic heterocycles. The summed E-state index contributed by atoms with van der Waals surface area (Å²) in [6, 6.07) is 14.2. The van der Waals surface area contributed by atoms with E-state index < -0.39 is 6.04 Å². The Hall–Kier alpha value is -2.53. The van der Waals surface area contributed by atoms with Crippen LogP contribution in [-0.4, -0.2) is 35.4 Å². The zero-order chi connectivity index (χ0) is 21.4. The highest BCUT2D eigenvalue weighted by Gasteiger charge is 2.29. The minimum absolute atomic E-state index is 0.00167. The highest BCUT2D eigenvalue weighted by Crippen LogP contribution is 2.17. The lowest BCUT2D eigenvalue weighted by molar-refractivity contribution is -0.143. The molecule has 0 bridgehead atoms. The first-order valence-electron chi connectivity index (χ1n) is 9.84. The van der Waals surface area contributed by atoms with E-state index in [2.05, 4.69) is 5.32 Å². The molecule has 0 aliphatic carbocycles. The molecular weight excluding hydrogens is 388 g/mol. The molecule has 2 rings (SSSR count). The predicted molar refractivity (Wildman–Crippen MR) is 116 cm³/mol. The number of aryl methyl sites for hydroxylation is 1. The fourth-order valence-corrected chi connectivity index (χ4v) is 3.08. The lowest BCUT2D eigenvalue weighted by atomic mass is 10.1. The van der Waals surface area contributed by atoms with Crippen molar-refractivity contribution in [3.63, 3.8) is 0 Å². The molecule has 0 aliphatic rings. The second-order valence-corrected chi connectivity index (χ2v) is 7.77. The smallest absolute Gasteiger partial charge is 0.261 e. The summed E-state index contributed by atoms with van der Waals surface area (Å²) in [6.45, 7) is 7.91. The van der Waals surface area contributed by atoms with Gasteiger partial charge in [0, 0.05) is 17.6 Å². The normalized spacial score (nSPS) is 11.8. The largest absolute Gasteiger partial charge is 0.484 e. The van der Waals surface area contributed by atoms with Gasteiger partial charge in [0.25, 0.3) is 5.91 Å². The molecule has 0 aromatic heterocycles. The number of carbonyl (C=O) groups is 2. The summed E-state index contributed by atoms with van der Waals surface area (Å²) in [5, 5.41) is 3.51. The van der Waals surface area contributed by atoms with Gasteiger partial charge in [0.1, 0.15) is 11.8 Å². The Morgan fingerprint density at radius 2 is 1.69 bits per heavy atom. The molecule has 156 valence electrons. The van der Waals surface area contributed by atoms with Crippen molar-refractivity contribution in [1.82, 2.24) is 10.2 Å². The van der Waals surface area contributed by atoms with E-state index in [0.717, 1.165) is 11.1 Å². The van der Waals surface area contributed by atoms with Gasteiger partial charge in [-0.2, -0.15) is 0 Å². The van der Waals surface area contributed by atoms with Crippen LogP contribution < -0.4 is 10.1 Å². The average molecular weight is 417 g/mol. The summed E-state index contributed by atoms with van der Waals surface area (Å²) >= 11 is 5.89. The van der Waals surface area contributed by atoms with Crippen LogP contribution in [0.15, 0.2) is 48.5 Å². The summed E-state index contributed by atoms with van der Waals surface area (Å²) in [5.74, 6) is 0.151. The van der Waals surface area contributed by atoms with Crippen LogP contribution in [-0.2, 0) is 16.1 Å². The van der Waals surface area contributed by atoms with Gasteiger partial charge in [-0.1, -0.05) is 48.4 Å². The topological polar surface area (TPSA) is 58.6 Å². The molecule has 0 radical (unpaired) electrons. The highest BCUT2D eigenvalue weighted by molar-refractivity contribution is 6.30. The van der Waals surface area contributed by atoms with Crippen LogP contribution in [0.4, 0.5) is 0 Å². The molecular formula is C23H29ClN2O3. The van der Waals surface area contributed by atoms with Crippen LogP contribution in [0.1, 0.15) is 38.3 Å². The molecule has 6 heteroatoms. The number of amides is 2. The van der Waals surface area contributed by atoms with Gasteiger partial charge < -0.3 is 15.0 Å². The van der Waals surface area contributed by atoms with E-state index in [1.54, 1.807) is 29.2 Å². The molecule has 2 aromatic carbocycles. The number of benzene rings is 2. The van der Waals surface area contributed by atoms with Crippen LogP contribution in [0.25, 0.3) is 0 Å². The number of halogens is 1. The van der Waals surface area contributed by atoms with Gasteiger partial charge in [0.2, 0.25) is 5.91 Å². The Balaban J connectivity index is 2.18. The Bertz CT molecular complexity index is 804. The van der Waals surface area contributed by atoms with Crippen molar-refractivity contribution in [3.8, 4) is 5.75 Å². The Kier molecular flexibility index (Phi) is 8.52. The number of hydrogen-bond acceptors (Lipinski definition) is 3. The van der Waals surface area contributed by atoms with Crippen LogP contribution in [0, 0.1) is 6.92 Å². The van der Waals surface area contributed by atoms with Gasteiger partial charge in [0.05, 0.1) is 0 Å². The standard InChI is InChI=1S/C23H29ClN2O3/c1-5-21(23(28)25-16(2)3)26(14-18-8-6-17(4)7-9-18)22(27)15-29-20-12-10-19(24)11-13-20/h6-13,16,21H,5,14-15H2,1-4H3,(H,25,28). The Morgan fingerprint density at radius 3 is 2.24 bits per heavy atom. The van der Waals surface area contributed by atoms with E-state index >= 15 is 0 Å². The number of carbonyl (C=O) groups excluding carboxylic acids is 2. The van der Waals surface area contributed by atoms with Crippen molar-refractivity contribution in [2.75, 3.05) is 6.61 Å². The van der Waals surface area contributed by atoms with Crippen molar-refractivity contribution >= 4 is 23.4 Å². The minimum Gasteiger partial charge on any atom is -0.484 e. The minimum atomic E-state index is -0.569. The molecule has 1 unspecified atom stereocenters. The summed E-state index contributed by atoms with van der Waals surface area (Å²) in [6.07, 6.45) is 0.511. The van der Waals surface area contributed by atoms with E-state index in [1.807, 2.05) is 52.0 Å². The molecule has 29 heavy (non-hydrogen) atoms. The quantitative estimate of drug-likeness (QED) is 0.660. The van der Waals surface area contributed by atoms with Gasteiger partial charge >= 0.3 is 0 Å². The van der Waals surface area contributed by atoms with Gasteiger partial charge in [-0.15, -0.1) is 0 Å². The van der Waals surface area contributed by atoms with E-state index in [1.165, 1.54) is 0 Å². The van der Waals surface area contributed by atoms with Crippen molar-refractivity contribution < 1.29 is 14.3 Å². The molecule has 0 spiro atoms. The average Bonchev–Trinajstić information content (AvgIpc) is 2.68. The molecule has 0 saturated heterocycles. The molecule has 2 amide bonds. The van der Waals surface area contributed by atoms with Crippen LogP contribution in [0.5, 0.6) is 5.75 Å². The van der Waals surface area contributed by atoms with Crippen LogP contribution in [0.2, 0.25) is 5.02 Å². The van der Waals surface area contributed by atoms with Gasteiger partial charge in [0.15, 0.2) is 6.61 Å². The maximum atomic E-state index is 13.0. The second kappa shape index (κ2) is 10.9. The van der Waals surface area contributed by atoms with Crippen molar-refractivity contribution in [2.24, 2.45) is 0 Å². The van der Waals surface area contributed by atoms with E-state index in [4.69, 9.17) is 16.3 Å². The first kappa shape index (κ1) is 22.8. The third kappa shape index (κ3) is 7.09. The molecule has 0 saturated carbocycles. The summed E-state index contributed by atoms with van der Waals surface area (Å²) in [7, 11) is 0. The van der Waals surface area contributed by atoms with Crippen molar-refractivity contribution in [2.45, 2.75) is 52.7 Å². The maximum absolute atomic E-state index is 13.0. The van der Waals surface area contributed by atoms with E-state index in [0.29, 0.717) is 23.7 Å². The third-order valence-electron chi connectivity index (χ3n) is 4.47. The Morgan fingerprint density at radius 1 is 1.07 bits per heavy atom. The first-order chi connectivity index (χ1) is 13.8. The highest BCUT2D eigenvalue weighted by atomic mass is 35.5. The number of nitrogens with one attached hydrogen (secondary N) is 1. The van der Waals surface area contributed by atoms with Crippen molar-refractivity contribution in [3.05, 3.63) is 64.7 Å². The molecule has 5 nitrogen and oxygen atoms in total. The molecule has 0 heterocycles. The molecule has 1 N–H and O–H groups in total. The first-order valence-corrected chi connectivity index (χ1v) is 10.2. The third-order valence-corrected chi connectivity index (χ3v) is 4.72. The monoisotopic (exact) mass is 416 g/mol. The molecule has 1 atom stereocenters. The second-order valence-electron chi connectivity index (χ2n) is 7.34. The maximum Gasteiger partial charge on any atom is 0.261 e. The lowest BCUT2D eigenvalue weighted by Gasteiger charge is -2.31. The van der Waals surface area contributed by atoms with Crippen LogP contribution >= 0.6 is 11.6 Å². The van der Waals surface area contributed by atoms with Gasteiger partial charge in [-0.3, -0.25) is 9.59 Å². The zero-order valence-electron chi connectivity index (χ0n) is 17.4. The number of nitrogens with zero attached hydrogens (tertiary/aromatic N) is 1. The zero-order valence-corrected chi connectivity index (χ0v) is 18.2. The van der Waals surface area contributed by atoms with Crippen molar-refractivity contribution in [1.29, 1.82) is 0 Å². The summed E-state index contributed by atoms with van der Waals surface area (Å²) in [4.78, 5) is 27.4. The fraction of sp³-hybridized carbons (Fsp3) is 0.391. The molecule has 2 aromatic rings. The van der Waals surface area contributed by atoms with E-state index in [-0.39, 0.29) is 24.5 Å². The number of ether oxygens (including phenoxy) is 1. The lowest BCUT2D eigenvalue weighted by Crippen LogP contribution is -2.51. The molecule has 0 fully saturated rings. The number of rotatable bonds is 9. The van der Waals surface area contributed by atoms with Crippen LogP contribution in [0.3, 0.4) is 0 Å². The fourth-order valence-electron chi connectivity index (χ4n) is 2.95. The predicted octanol–water partition coefficient (Wildman–Crippen LogP) is 4.36. The Labute approximate surface area is 178 Å². The van der Waals surface area contributed by atoms with E-state index in [9.17, 15) is 9.59 Å².